The van der Waals surface area contributed by atoms with Crippen LogP contribution in [-0.4, -0.2) is 23.6 Å². The van der Waals surface area contributed by atoms with Crippen LogP contribution in [0.3, 0.4) is 0 Å². The van der Waals surface area contributed by atoms with Gasteiger partial charge in [0, 0.05) is 25.2 Å². The Balaban J connectivity index is 1.94. The van der Waals surface area contributed by atoms with Gasteiger partial charge in [-0.05, 0) is 34.1 Å². The SMILES string of the molecule is CC1=CCN(c2nc(CNC(C)(C)C)co2)CC1. The fourth-order valence-corrected chi connectivity index (χ4v) is 1.82. The lowest BCUT2D eigenvalue weighted by molar-refractivity contribution is 0.421. The van der Waals surface area contributed by atoms with E-state index in [4.69, 9.17) is 4.42 Å². The van der Waals surface area contributed by atoms with Crippen molar-refractivity contribution in [3.63, 3.8) is 0 Å². The van der Waals surface area contributed by atoms with E-state index in [2.05, 4.69) is 49.0 Å². The van der Waals surface area contributed by atoms with Crippen molar-refractivity contribution in [2.45, 2.75) is 46.2 Å². The molecule has 4 nitrogen and oxygen atoms in total. The predicted octanol–water partition coefficient (Wildman–Crippen LogP) is 2.72. The zero-order valence-corrected chi connectivity index (χ0v) is 11.8. The van der Waals surface area contributed by atoms with E-state index in [1.54, 1.807) is 6.26 Å². The second kappa shape index (κ2) is 5.14. The number of hydrogen-bond donors (Lipinski definition) is 1. The van der Waals surface area contributed by atoms with Gasteiger partial charge >= 0.3 is 0 Å². The number of oxazole rings is 1. The molecule has 0 saturated heterocycles. The normalized spacial score (nSPS) is 16.9. The van der Waals surface area contributed by atoms with Crippen LogP contribution >= 0.6 is 0 Å². The van der Waals surface area contributed by atoms with Crippen molar-refractivity contribution in [3.8, 4) is 0 Å². The lowest BCUT2D eigenvalue weighted by Crippen LogP contribution is -2.35. The molecule has 1 aliphatic rings. The van der Waals surface area contributed by atoms with E-state index in [9.17, 15) is 0 Å². The Bertz CT molecular complexity index is 428. The Hall–Kier alpha value is -1.29. The highest BCUT2D eigenvalue weighted by molar-refractivity contribution is 5.31. The van der Waals surface area contributed by atoms with E-state index < -0.39 is 0 Å². The monoisotopic (exact) mass is 249 g/mol. The van der Waals surface area contributed by atoms with Crippen LogP contribution in [0.4, 0.5) is 6.01 Å². The molecule has 18 heavy (non-hydrogen) atoms. The summed E-state index contributed by atoms with van der Waals surface area (Å²) in [7, 11) is 0. The molecule has 4 heteroatoms. The van der Waals surface area contributed by atoms with Gasteiger partial charge in [0.05, 0.1) is 5.69 Å². The summed E-state index contributed by atoms with van der Waals surface area (Å²) in [6.07, 6.45) is 5.08. The Morgan fingerprint density at radius 1 is 1.44 bits per heavy atom. The number of nitrogens with zero attached hydrogens (tertiary/aromatic N) is 2. The molecule has 100 valence electrons. The molecule has 0 aliphatic carbocycles. The zero-order valence-electron chi connectivity index (χ0n) is 11.8. The number of rotatable bonds is 3. The highest BCUT2D eigenvalue weighted by Gasteiger charge is 2.16. The van der Waals surface area contributed by atoms with Crippen molar-refractivity contribution >= 4 is 6.01 Å². The Kier molecular flexibility index (Phi) is 3.76. The highest BCUT2D eigenvalue weighted by atomic mass is 16.4. The summed E-state index contributed by atoms with van der Waals surface area (Å²) in [5.41, 5.74) is 2.52. The molecule has 0 atom stereocenters. The summed E-state index contributed by atoms with van der Waals surface area (Å²) in [5, 5.41) is 3.41. The maximum Gasteiger partial charge on any atom is 0.297 e. The maximum absolute atomic E-state index is 5.55. The van der Waals surface area contributed by atoms with Crippen molar-refractivity contribution in [1.82, 2.24) is 10.3 Å². The summed E-state index contributed by atoms with van der Waals surface area (Å²) in [6, 6.07) is 0.740. The van der Waals surface area contributed by atoms with Crippen molar-refractivity contribution < 1.29 is 4.42 Å². The lowest BCUT2D eigenvalue weighted by Gasteiger charge is -2.23. The number of nitrogens with one attached hydrogen (secondary N) is 1. The second-order valence-corrected chi connectivity index (χ2v) is 5.97. The van der Waals surface area contributed by atoms with Crippen LogP contribution in [-0.2, 0) is 6.54 Å². The van der Waals surface area contributed by atoms with Crippen LogP contribution in [0.15, 0.2) is 22.3 Å². The molecule has 0 saturated carbocycles. The Labute approximate surface area is 109 Å². The van der Waals surface area contributed by atoms with Crippen LogP contribution in [0.1, 0.15) is 39.8 Å². The minimum absolute atomic E-state index is 0.101. The first-order valence-corrected chi connectivity index (χ1v) is 6.54. The van der Waals surface area contributed by atoms with Gasteiger partial charge in [0.15, 0.2) is 0 Å². The van der Waals surface area contributed by atoms with Gasteiger partial charge in [-0.3, -0.25) is 0 Å². The summed E-state index contributed by atoms with van der Waals surface area (Å²) in [6.45, 7) is 11.2. The number of aromatic nitrogens is 1. The lowest BCUT2D eigenvalue weighted by atomic mass is 10.1. The van der Waals surface area contributed by atoms with E-state index in [-0.39, 0.29) is 5.54 Å². The third-order valence-corrected chi connectivity index (χ3v) is 3.05. The first kappa shape index (κ1) is 13.1. The smallest absolute Gasteiger partial charge is 0.297 e. The van der Waals surface area contributed by atoms with Gasteiger partial charge < -0.3 is 14.6 Å². The molecule has 0 bridgehead atoms. The summed E-state index contributed by atoms with van der Waals surface area (Å²) >= 11 is 0. The summed E-state index contributed by atoms with van der Waals surface area (Å²) < 4.78 is 5.55. The van der Waals surface area contributed by atoms with E-state index in [0.717, 1.165) is 37.8 Å². The fourth-order valence-electron chi connectivity index (χ4n) is 1.82. The van der Waals surface area contributed by atoms with Gasteiger partial charge in [-0.15, -0.1) is 0 Å². The summed E-state index contributed by atoms with van der Waals surface area (Å²) in [5.74, 6) is 0. The third-order valence-electron chi connectivity index (χ3n) is 3.05. The first-order chi connectivity index (χ1) is 8.44. The van der Waals surface area contributed by atoms with Gasteiger partial charge in [0.1, 0.15) is 6.26 Å². The van der Waals surface area contributed by atoms with E-state index in [1.165, 1.54) is 5.57 Å². The molecule has 1 aromatic heterocycles. The molecule has 0 amide bonds. The first-order valence-electron chi connectivity index (χ1n) is 6.54. The van der Waals surface area contributed by atoms with Crippen molar-refractivity contribution in [1.29, 1.82) is 0 Å². The summed E-state index contributed by atoms with van der Waals surface area (Å²) in [4.78, 5) is 6.70. The van der Waals surface area contributed by atoms with Crippen LogP contribution in [0.25, 0.3) is 0 Å². The van der Waals surface area contributed by atoms with Crippen molar-refractivity contribution in [2.75, 3.05) is 18.0 Å². The molecule has 0 unspecified atom stereocenters. The molecule has 0 radical (unpaired) electrons. The van der Waals surface area contributed by atoms with Gasteiger partial charge in [0.2, 0.25) is 0 Å². The molecule has 1 N–H and O–H groups in total. The van der Waals surface area contributed by atoms with Gasteiger partial charge in [-0.2, -0.15) is 4.98 Å². The van der Waals surface area contributed by atoms with Crippen LogP contribution in [0.5, 0.6) is 0 Å². The molecule has 1 aliphatic heterocycles. The molecule has 2 rings (SSSR count). The number of hydrogen-bond acceptors (Lipinski definition) is 4. The van der Waals surface area contributed by atoms with E-state index in [1.807, 2.05) is 0 Å². The standard InChI is InChI=1S/C14H23N3O/c1-11-5-7-17(8-6-11)13-16-12(10-18-13)9-15-14(2,3)4/h5,10,15H,6-9H2,1-4H3. The molecule has 0 aromatic carbocycles. The zero-order chi connectivity index (χ0) is 13.2. The van der Waals surface area contributed by atoms with Crippen molar-refractivity contribution in [3.05, 3.63) is 23.6 Å². The van der Waals surface area contributed by atoms with E-state index >= 15 is 0 Å². The third kappa shape index (κ3) is 3.60. The maximum atomic E-state index is 5.55. The average Bonchev–Trinajstić information content (AvgIpc) is 2.75. The average molecular weight is 249 g/mol. The molecular weight excluding hydrogens is 226 g/mol. The molecule has 2 heterocycles. The quantitative estimate of drug-likeness (QED) is 0.836. The highest BCUT2D eigenvalue weighted by Crippen LogP contribution is 2.19. The Morgan fingerprint density at radius 2 is 2.22 bits per heavy atom. The van der Waals surface area contributed by atoms with Crippen molar-refractivity contribution in [2.24, 2.45) is 0 Å². The van der Waals surface area contributed by atoms with E-state index in [0.29, 0.717) is 0 Å². The van der Waals surface area contributed by atoms with Gasteiger partial charge in [0.25, 0.3) is 6.01 Å². The molecule has 0 spiro atoms. The molecule has 1 aromatic rings. The number of anilines is 1. The molecule has 0 fully saturated rings. The topological polar surface area (TPSA) is 41.3 Å². The minimum Gasteiger partial charge on any atom is -0.432 e. The van der Waals surface area contributed by atoms with Crippen LogP contribution < -0.4 is 10.2 Å². The minimum atomic E-state index is 0.101. The predicted molar refractivity (Wildman–Crippen MR) is 73.7 cm³/mol. The van der Waals surface area contributed by atoms with Crippen LogP contribution in [0.2, 0.25) is 0 Å². The Morgan fingerprint density at radius 3 is 2.83 bits per heavy atom. The largest absolute Gasteiger partial charge is 0.432 e. The van der Waals surface area contributed by atoms with Crippen LogP contribution in [0, 0.1) is 0 Å². The molecular formula is C14H23N3O. The fraction of sp³-hybridized carbons (Fsp3) is 0.643. The van der Waals surface area contributed by atoms with Gasteiger partial charge in [-0.1, -0.05) is 11.6 Å². The second-order valence-electron chi connectivity index (χ2n) is 5.97. The van der Waals surface area contributed by atoms with Gasteiger partial charge in [-0.25, -0.2) is 0 Å².